The molecule has 0 saturated heterocycles. The van der Waals surface area contributed by atoms with Crippen molar-refractivity contribution in [2.45, 2.75) is 26.9 Å². The van der Waals surface area contributed by atoms with Crippen LogP contribution >= 0.6 is 0 Å². The summed E-state index contributed by atoms with van der Waals surface area (Å²) in [5, 5.41) is 5.24. The highest BCUT2D eigenvalue weighted by Gasteiger charge is 2.15. The topological polar surface area (TPSA) is 67.4 Å². The van der Waals surface area contributed by atoms with Gasteiger partial charge in [-0.15, -0.1) is 0 Å². The fourth-order valence-corrected chi connectivity index (χ4v) is 2.17. The van der Waals surface area contributed by atoms with Gasteiger partial charge in [0.15, 0.2) is 0 Å². The van der Waals surface area contributed by atoms with Crippen molar-refractivity contribution >= 4 is 23.2 Å². The summed E-state index contributed by atoms with van der Waals surface area (Å²) in [5.41, 5.74) is 1.52. The Bertz CT molecular complexity index is 779. The second-order valence-electron chi connectivity index (χ2n) is 5.26. The van der Waals surface area contributed by atoms with Gasteiger partial charge in [0, 0.05) is 17.7 Å². The van der Waals surface area contributed by atoms with Gasteiger partial charge in [-0.05, 0) is 36.8 Å². The predicted octanol–water partition coefficient (Wildman–Crippen LogP) is 4.20. The smallest absolute Gasteiger partial charge is 0.387 e. The SMILES string of the molecule is CCC(=O)Nc1cccc(C(=O)Nc2c(C)cccc2OC(F)F)c1. The summed E-state index contributed by atoms with van der Waals surface area (Å²) in [6.07, 6.45) is 0.313. The molecule has 0 saturated carbocycles. The van der Waals surface area contributed by atoms with Crippen LogP contribution in [-0.2, 0) is 4.79 Å². The molecule has 0 aromatic heterocycles. The maximum absolute atomic E-state index is 12.5. The molecule has 0 atom stereocenters. The van der Waals surface area contributed by atoms with Crippen LogP contribution in [0.1, 0.15) is 29.3 Å². The number of carbonyl (C=O) groups excluding carboxylic acids is 2. The molecule has 2 aromatic rings. The van der Waals surface area contributed by atoms with Gasteiger partial charge in [-0.3, -0.25) is 9.59 Å². The van der Waals surface area contributed by atoms with E-state index in [9.17, 15) is 18.4 Å². The van der Waals surface area contributed by atoms with E-state index in [2.05, 4.69) is 15.4 Å². The van der Waals surface area contributed by atoms with Gasteiger partial charge < -0.3 is 15.4 Å². The number of hydrogen-bond acceptors (Lipinski definition) is 3. The van der Waals surface area contributed by atoms with E-state index in [0.717, 1.165) is 0 Å². The van der Waals surface area contributed by atoms with Crippen molar-refractivity contribution in [2.24, 2.45) is 0 Å². The van der Waals surface area contributed by atoms with Crippen LogP contribution in [0.15, 0.2) is 42.5 Å². The Labute approximate surface area is 144 Å². The van der Waals surface area contributed by atoms with E-state index in [1.54, 1.807) is 44.2 Å². The van der Waals surface area contributed by atoms with Gasteiger partial charge in [-0.1, -0.05) is 25.1 Å². The molecule has 0 radical (unpaired) electrons. The number of para-hydroxylation sites is 1. The summed E-state index contributed by atoms with van der Waals surface area (Å²) in [6, 6.07) is 10.9. The van der Waals surface area contributed by atoms with Crippen molar-refractivity contribution in [2.75, 3.05) is 10.6 Å². The Morgan fingerprint density at radius 3 is 2.52 bits per heavy atom. The predicted molar refractivity (Wildman–Crippen MR) is 91.1 cm³/mol. The van der Waals surface area contributed by atoms with E-state index in [-0.39, 0.29) is 22.9 Å². The lowest BCUT2D eigenvalue weighted by Gasteiger charge is -2.14. The highest BCUT2D eigenvalue weighted by molar-refractivity contribution is 6.06. The first-order chi connectivity index (χ1) is 11.9. The number of rotatable bonds is 6. The Morgan fingerprint density at radius 2 is 1.84 bits per heavy atom. The molecular weight excluding hydrogens is 330 g/mol. The lowest BCUT2D eigenvalue weighted by Crippen LogP contribution is -2.16. The number of aryl methyl sites for hydroxylation is 1. The Morgan fingerprint density at radius 1 is 1.12 bits per heavy atom. The summed E-state index contributed by atoms with van der Waals surface area (Å²) in [6.45, 7) is 0.394. The molecule has 2 amide bonds. The molecular formula is C18H18F2N2O3. The zero-order valence-corrected chi connectivity index (χ0v) is 13.8. The number of nitrogens with one attached hydrogen (secondary N) is 2. The third kappa shape index (κ3) is 5.00. The Hall–Kier alpha value is -2.96. The van der Waals surface area contributed by atoms with E-state index in [0.29, 0.717) is 17.7 Å². The number of ether oxygens (including phenoxy) is 1. The van der Waals surface area contributed by atoms with E-state index < -0.39 is 12.5 Å². The second-order valence-corrected chi connectivity index (χ2v) is 5.26. The molecule has 2 aromatic carbocycles. The first-order valence-corrected chi connectivity index (χ1v) is 7.66. The van der Waals surface area contributed by atoms with E-state index in [1.165, 1.54) is 12.1 Å². The van der Waals surface area contributed by atoms with Crippen LogP contribution in [-0.4, -0.2) is 18.4 Å². The summed E-state index contributed by atoms with van der Waals surface area (Å²) in [5.74, 6) is -0.788. The lowest BCUT2D eigenvalue weighted by molar-refractivity contribution is -0.115. The van der Waals surface area contributed by atoms with Gasteiger partial charge in [0.1, 0.15) is 5.75 Å². The molecule has 0 spiro atoms. The fraction of sp³-hybridized carbons (Fsp3) is 0.222. The molecule has 7 heteroatoms. The first-order valence-electron chi connectivity index (χ1n) is 7.66. The number of alkyl halides is 2. The molecule has 0 bridgehead atoms. The molecule has 0 heterocycles. The van der Waals surface area contributed by atoms with Crippen LogP contribution in [0.2, 0.25) is 0 Å². The van der Waals surface area contributed by atoms with Crippen LogP contribution in [0.5, 0.6) is 5.75 Å². The van der Waals surface area contributed by atoms with Crippen LogP contribution < -0.4 is 15.4 Å². The Balaban J connectivity index is 2.23. The number of halogens is 2. The van der Waals surface area contributed by atoms with Gasteiger partial charge in [-0.25, -0.2) is 0 Å². The third-order valence-corrected chi connectivity index (χ3v) is 3.42. The highest BCUT2D eigenvalue weighted by Crippen LogP contribution is 2.30. The van der Waals surface area contributed by atoms with Gasteiger partial charge in [0.05, 0.1) is 5.69 Å². The summed E-state index contributed by atoms with van der Waals surface area (Å²) in [7, 11) is 0. The van der Waals surface area contributed by atoms with Crippen LogP contribution in [0.3, 0.4) is 0 Å². The zero-order valence-electron chi connectivity index (χ0n) is 13.8. The average molecular weight is 348 g/mol. The fourth-order valence-electron chi connectivity index (χ4n) is 2.17. The van der Waals surface area contributed by atoms with E-state index >= 15 is 0 Å². The molecule has 132 valence electrons. The van der Waals surface area contributed by atoms with Crippen LogP contribution in [0.25, 0.3) is 0 Å². The lowest BCUT2D eigenvalue weighted by atomic mass is 10.1. The maximum Gasteiger partial charge on any atom is 0.387 e. The normalized spacial score (nSPS) is 10.4. The van der Waals surface area contributed by atoms with Crippen LogP contribution in [0, 0.1) is 6.92 Å². The average Bonchev–Trinajstić information content (AvgIpc) is 2.57. The monoisotopic (exact) mass is 348 g/mol. The molecule has 0 unspecified atom stereocenters. The summed E-state index contributed by atoms with van der Waals surface area (Å²) in [4.78, 5) is 23.9. The number of hydrogen-bond donors (Lipinski definition) is 2. The second kappa shape index (κ2) is 8.23. The molecule has 2 N–H and O–H groups in total. The molecule has 25 heavy (non-hydrogen) atoms. The molecule has 2 rings (SSSR count). The number of amides is 2. The first kappa shape index (κ1) is 18.4. The highest BCUT2D eigenvalue weighted by atomic mass is 19.3. The Kier molecular flexibility index (Phi) is 6.05. The largest absolute Gasteiger partial charge is 0.433 e. The van der Waals surface area contributed by atoms with Crippen molar-refractivity contribution in [1.29, 1.82) is 0 Å². The molecule has 0 aliphatic heterocycles. The van der Waals surface area contributed by atoms with Crippen molar-refractivity contribution < 1.29 is 23.1 Å². The maximum atomic E-state index is 12.5. The zero-order chi connectivity index (χ0) is 18.4. The van der Waals surface area contributed by atoms with Crippen LogP contribution in [0.4, 0.5) is 20.2 Å². The number of carbonyl (C=O) groups is 2. The van der Waals surface area contributed by atoms with Gasteiger partial charge in [0.2, 0.25) is 5.91 Å². The molecule has 5 nitrogen and oxygen atoms in total. The van der Waals surface area contributed by atoms with E-state index in [4.69, 9.17) is 0 Å². The van der Waals surface area contributed by atoms with Crippen molar-refractivity contribution in [3.05, 3.63) is 53.6 Å². The number of anilines is 2. The molecule has 0 aliphatic carbocycles. The summed E-state index contributed by atoms with van der Waals surface area (Å²) < 4.78 is 29.5. The minimum absolute atomic E-state index is 0.112. The standard InChI is InChI=1S/C18H18F2N2O3/c1-3-15(23)21-13-8-5-7-12(10-13)17(24)22-16-11(2)6-4-9-14(16)25-18(19)20/h4-10,18H,3H2,1-2H3,(H,21,23)(H,22,24). The minimum atomic E-state index is -3.00. The minimum Gasteiger partial charge on any atom is -0.433 e. The van der Waals surface area contributed by atoms with Crippen molar-refractivity contribution in [1.82, 2.24) is 0 Å². The van der Waals surface area contributed by atoms with Gasteiger partial charge >= 0.3 is 6.61 Å². The van der Waals surface area contributed by atoms with E-state index in [1.807, 2.05) is 0 Å². The van der Waals surface area contributed by atoms with Gasteiger partial charge in [0.25, 0.3) is 5.91 Å². The number of benzene rings is 2. The quantitative estimate of drug-likeness (QED) is 0.822. The van der Waals surface area contributed by atoms with Crippen molar-refractivity contribution in [3.63, 3.8) is 0 Å². The molecule has 0 aliphatic rings. The third-order valence-electron chi connectivity index (χ3n) is 3.42. The molecule has 0 fully saturated rings. The van der Waals surface area contributed by atoms with Crippen molar-refractivity contribution in [3.8, 4) is 5.75 Å². The summed E-state index contributed by atoms with van der Waals surface area (Å²) >= 11 is 0. The van der Waals surface area contributed by atoms with Gasteiger partial charge in [-0.2, -0.15) is 8.78 Å².